The number of carbonyl (C=O) groups is 1. The third-order valence-electron chi connectivity index (χ3n) is 5.17. The van der Waals surface area contributed by atoms with E-state index in [4.69, 9.17) is 10.5 Å². The molecule has 1 atom stereocenters. The van der Waals surface area contributed by atoms with Crippen LogP contribution in [0, 0.1) is 5.92 Å². The highest BCUT2D eigenvalue weighted by atomic mass is 16.5. The predicted molar refractivity (Wildman–Crippen MR) is 84.0 cm³/mol. The average Bonchev–Trinajstić information content (AvgIpc) is 2.53. The lowest BCUT2D eigenvalue weighted by Crippen LogP contribution is -2.53. The van der Waals surface area contributed by atoms with Crippen molar-refractivity contribution in [1.82, 2.24) is 9.80 Å². The number of rotatable bonds is 5. The molecular formula is C16H31N3O2. The first-order valence-corrected chi connectivity index (χ1v) is 8.38. The van der Waals surface area contributed by atoms with Crippen LogP contribution >= 0.6 is 0 Å². The van der Waals surface area contributed by atoms with E-state index in [1.165, 1.54) is 25.7 Å². The average molecular weight is 297 g/mol. The number of piperazine rings is 1. The summed E-state index contributed by atoms with van der Waals surface area (Å²) in [4.78, 5) is 16.8. The molecule has 0 spiro atoms. The van der Waals surface area contributed by atoms with Crippen LogP contribution in [0.5, 0.6) is 0 Å². The van der Waals surface area contributed by atoms with E-state index >= 15 is 0 Å². The zero-order valence-electron chi connectivity index (χ0n) is 13.6. The summed E-state index contributed by atoms with van der Waals surface area (Å²) in [6.45, 7) is 6.51. The minimum atomic E-state index is -0.143. The third kappa shape index (κ3) is 4.66. The van der Waals surface area contributed by atoms with Gasteiger partial charge in [0.1, 0.15) is 0 Å². The molecule has 0 radical (unpaired) electrons. The van der Waals surface area contributed by atoms with Crippen LogP contribution in [0.4, 0.5) is 0 Å². The lowest BCUT2D eigenvalue weighted by Gasteiger charge is -2.41. The minimum absolute atomic E-state index is 0.143. The zero-order valence-corrected chi connectivity index (χ0v) is 13.6. The van der Waals surface area contributed by atoms with Crippen molar-refractivity contribution in [2.45, 2.75) is 51.2 Å². The normalized spacial score (nSPS) is 29.4. The van der Waals surface area contributed by atoms with Crippen LogP contribution < -0.4 is 5.73 Å². The number of hydrogen-bond acceptors (Lipinski definition) is 4. The van der Waals surface area contributed by atoms with E-state index < -0.39 is 0 Å². The fourth-order valence-electron chi connectivity index (χ4n) is 3.53. The maximum Gasteiger partial charge on any atom is 0.225 e. The molecule has 1 saturated carbocycles. The van der Waals surface area contributed by atoms with Crippen molar-refractivity contribution in [1.29, 1.82) is 0 Å². The van der Waals surface area contributed by atoms with Gasteiger partial charge in [-0.3, -0.25) is 9.69 Å². The second-order valence-corrected chi connectivity index (χ2v) is 6.63. The molecule has 1 unspecified atom stereocenters. The molecule has 0 aromatic rings. The Balaban J connectivity index is 1.73. The van der Waals surface area contributed by atoms with Crippen LogP contribution in [-0.4, -0.2) is 67.7 Å². The largest absolute Gasteiger partial charge is 0.380 e. The predicted octanol–water partition coefficient (Wildman–Crippen LogP) is 1.07. The van der Waals surface area contributed by atoms with Crippen LogP contribution in [-0.2, 0) is 9.53 Å². The van der Waals surface area contributed by atoms with Gasteiger partial charge in [-0.05, 0) is 31.6 Å². The highest BCUT2D eigenvalue weighted by Gasteiger charge is 2.28. The van der Waals surface area contributed by atoms with Crippen molar-refractivity contribution >= 4 is 5.91 Å². The highest BCUT2D eigenvalue weighted by molar-refractivity contribution is 5.76. The number of methoxy groups -OCH3 is 1. The maximum absolute atomic E-state index is 12.2. The molecule has 1 heterocycles. The molecule has 5 nitrogen and oxygen atoms in total. The Bertz CT molecular complexity index is 317. The second-order valence-electron chi connectivity index (χ2n) is 6.63. The van der Waals surface area contributed by atoms with Gasteiger partial charge < -0.3 is 15.4 Å². The van der Waals surface area contributed by atoms with Gasteiger partial charge in [0.2, 0.25) is 5.91 Å². The second kappa shape index (κ2) is 8.11. The number of ether oxygens (including phenoxy) is 1. The van der Waals surface area contributed by atoms with E-state index in [0.29, 0.717) is 13.0 Å². The molecule has 2 aliphatic rings. The van der Waals surface area contributed by atoms with Crippen LogP contribution in [0.2, 0.25) is 0 Å². The molecule has 21 heavy (non-hydrogen) atoms. The molecule has 5 heteroatoms. The van der Waals surface area contributed by atoms with Gasteiger partial charge in [-0.1, -0.05) is 6.92 Å². The van der Waals surface area contributed by atoms with Gasteiger partial charge in [-0.15, -0.1) is 0 Å². The van der Waals surface area contributed by atoms with Crippen LogP contribution in [0.3, 0.4) is 0 Å². The van der Waals surface area contributed by atoms with E-state index in [1.807, 2.05) is 4.90 Å². The minimum Gasteiger partial charge on any atom is -0.380 e. The standard InChI is InChI=1S/C16H31N3O2/c1-13-3-5-14(6-4-13)18-7-9-19(10-8-18)16(20)11-15(12-17)21-2/h13-15H,3-12,17H2,1-2H3. The maximum atomic E-state index is 12.2. The topological polar surface area (TPSA) is 58.8 Å². The van der Waals surface area contributed by atoms with Gasteiger partial charge in [0.05, 0.1) is 12.5 Å². The number of carbonyl (C=O) groups excluding carboxylic acids is 1. The van der Waals surface area contributed by atoms with E-state index in [2.05, 4.69) is 11.8 Å². The Hall–Kier alpha value is -0.650. The van der Waals surface area contributed by atoms with Gasteiger partial charge in [0, 0.05) is 45.9 Å². The van der Waals surface area contributed by atoms with Gasteiger partial charge in [-0.2, -0.15) is 0 Å². The number of nitrogens with zero attached hydrogens (tertiary/aromatic N) is 2. The first-order valence-electron chi connectivity index (χ1n) is 8.38. The smallest absolute Gasteiger partial charge is 0.225 e. The molecule has 2 N–H and O–H groups in total. The quantitative estimate of drug-likeness (QED) is 0.825. The van der Waals surface area contributed by atoms with Gasteiger partial charge in [0.25, 0.3) is 0 Å². The number of nitrogens with two attached hydrogens (primary N) is 1. The van der Waals surface area contributed by atoms with E-state index in [0.717, 1.165) is 38.1 Å². The molecule has 1 amide bonds. The van der Waals surface area contributed by atoms with Crippen molar-refractivity contribution in [3.63, 3.8) is 0 Å². The van der Waals surface area contributed by atoms with Gasteiger partial charge in [0.15, 0.2) is 0 Å². The van der Waals surface area contributed by atoms with Crippen molar-refractivity contribution < 1.29 is 9.53 Å². The lowest BCUT2D eigenvalue weighted by molar-refractivity contribution is -0.135. The highest BCUT2D eigenvalue weighted by Crippen LogP contribution is 2.27. The Morgan fingerprint density at radius 3 is 2.33 bits per heavy atom. The summed E-state index contributed by atoms with van der Waals surface area (Å²) in [5.41, 5.74) is 5.59. The fraction of sp³-hybridized carbons (Fsp3) is 0.938. The third-order valence-corrected chi connectivity index (χ3v) is 5.17. The molecule has 0 aromatic carbocycles. The van der Waals surface area contributed by atoms with Crippen molar-refractivity contribution in [3.8, 4) is 0 Å². The summed E-state index contributed by atoms with van der Waals surface area (Å²) in [5, 5.41) is 0. The molecule has 2 fully saturated rings. The number of amides is 1. The summed E-state index contributed by atoms with van der Waals surface area (Å²) in [5.74, 6) is 1.08. The van der Waals surface area contributed by atoms with Crippen LogP contribution in [0.1, 0.15) is 39.0 Å². The first kappa shape index (κ1) is 16.7. The number of hydrogen-bond donors (Lipinski definition) is 1. The van der Waals surface area contributed by atoms with Crippen molar-refractivity contribution in [2.24, 2.45) is 11.7 Å². The summed E-state index contributed by atoms with van der Waals surface area (Å²) in [7, 11) is 1.62. The van der Waals surface area contributed by atoms with E-state index in [9.17, 15) is 4.79 Å². The summed E-state index contributed by atoms with van der Waals surface area (Å²) >= 11 is 0. The first-order chi connectivity index (χ1) is 10.1. The fourth-order valence-corrected chi connectivity index (χ4v) is 3.53. The molecule has 0 aromatic heterocycles. The van der Waals surface area contributed by atoms with Crippen LogP contribution in [0.25, 0.3) is 0 Å². The molecule has 1 aliphatic carbocycles. The molecule has 1 saturated heterocycles. The monoisotopic (exact) mass is 297 g/mol. The Labute approximate surface area is 128 Å². The van der Waals surface area contributed by atoms with E-state index in [1.54, 1.807) is 7.11 Å². The van der Waals surface area contributed by atoms with E-state index in [-0.39, 0.29) is 12.0 Å². The van der Waals surface area contributed by atoms with Crippen molar-refractivity contribution in [3.05, 3.63) is 0 Å². The molecular weight excluding hydrogens is 266 g/mol. The summed E-state index contributed by atoms with van der Waals surface area (Å²) in [6, 6.07) is 0.745. The SMILES string of the molecule is COC(CN)CC(=O)N1CCN(C2CCC(C)CC2)CC1. The van der Waals surface area contributed by atoms with Crippen LogP contribution in [0.15, 0.2) is 0 Å². The lowest BCUT2D eigenvalue weighted by atomic mass is 9.86. The van der Waals surface area contributed by atoms with Crippen molar-refractivity contribution in [2.75, 3.05) is 39.8 Å². The van der Waals surface area contributed by atoms with Gasteiger partial charge in [-0.25, -0.2) is 0 Å². The molecule has 122 valence electrons. The molecule has 2 rings (SSSR count). The molecule has 1 aliphatic heterocycles. The zero-order chi connectivity index (χ0) is 15.2. The molecule has 0 bridgehead atoms. The Morgan fingerprint density at radius 2 is 1.81 bits per heavy atom. The Morgan fingerprint density at radius 1 is 1.19 bits per heavy atom. The Kier molecular flexibility index (Phi) is 6.45. The summed E-state index contributed by atoms with van der Waals surface area (Å²) in [6.07, 6.45) is 5.64. The van der Waals surface area contributed by atoms with Gasteiger partial charge >= 0.3 is 0 Å². The summed E-state index contributed by atoms with van der Waals surface area (Å²) < 4.78 is 5.20.